The smallest absolute Gasteiger partial charge is 0.299 e. The van der Waals surface area contributed by atoms with E-state index in [0.717, 1.165) is 22.6 Å². The molecule has 0 radical (unpaired) electrons. The molecule has 2 aromatic rings. The van der Waals surface area contributed by atoms with Crippen LogP contribution in [0.25, 0.3) is 0 Å². The lowest BCUT2D eigenvalue weighted by Gasteiger charge is -2.40. The molecule has 0 unspecified atom stereocenters. The van der Waals surface area contributed by atoms with Crippen LogP contribution in [0.4, 0.5) is 0 Å². The van der Waals surface area contributed by atoms with E-state index in [1.54, 1.807) is 17.7 Å². The van der Waals surface area contributed by atoms with Gasteiger partial charge in [0, 0.05) is 56.0 Å². The quantitative estimate of drug-likeness (QED) is 0.851. The van der Waals surface area contributed by atoms with Crippen LogP contribution >= 0.6 is 11.8 Å². The van der Waals surface area contributed by atoms with Crippen molar-refractivity contribution in [3.05, 3.63) is 68.5 Å². The zero-order valence-electron chi connectivity index (χ0n) is 14.3. The number of hydrogen-bond donors (Lipinski definition) is 0. The van der Waals surface area contributed by atoms with E-state index in [2.05, 4.69) is 36.1 Å². The van der Waals surface area contributed by atoms with Crippen molar-refractivity contribution in [3.63, 3.8) is 0 Å². The molecule has 5 nitrogen and oxygen atoms in total. The summed E-state index contributed by atoms with van der Waals surface area (Å²) >= 11 is 1.97. The minimum atomic E-state index is -0.270. The first kappa shape index (κ1) is 17.0. The van der Waals surface area contributed by atoms with E-state index in [9.17, 15) is 9.59 Å². The summed E-state index contributed by atoms with van der Waals surface area (Å²) in [5.41, 5.74) is 1.53. The number of aromatic nitrogens is 2. The first-order valence-electron chi connectivity index (χ1n) is 8.15. The maximum atomic E-state index is 12.2. The van der Waals surface area contributed by atoms with E-state index >= 15 is 0 Å². The number of hydrogen-bond acceptors (Lipinski definition) is 4. The van der Waals surface area contributed by atoms with Gasteiger partial charge in [-0.05, 0) is 5.56 Å². The second-order valence-electron chi connectivity index (χ2n) is 6.28. The summed E-state index contributed by atoms with van der Waals surface area (Å²) in [5.74, 6) is 1.06. The third-order valence-corrected chi connectivity index (χ3v) is 5.93. The van der Waals surface area contributed by atoms with Crippen LogP contribution in [-0.4, -0.2) is 31.6 Å². The Bertz CT molecular complexity index is 828. The predicted octanol–water partition coefficient (Wildman–Crippen LogP) is 1.76. The zero-order valence-corrected chi connectivity index (χ0v) is 15.1. The molecule has 1 aliphatic rings. The number of nitrogens with zero attached hydrogens (tertiary/aromatic N) is 3. The lowest BCUT2D eigenvalue weighted by Crippen LogP contribution is -2.43. The van der Waals surface area contributed by atoms with E-state index in [0.29, 0.717) is 11.8 Å². The lowest BCUT2D eigenvalue weighted by atomic mass is 10.0. The highest BCUT2D eigenvalue weighted by Gasteiger charge is 2.30. The first-order valence-corrected chi connectivity index (χ1v) is 9.20. The van der Waals surface area contributed by atoms with Crippen molar-refractivity contribution in [2.75, 3.05) is 12.3 Å². The maximum absolute atomic E-state index is 12.2. The van der Waals surface area contributed by atoms with Gasteiger partial charge in [0.2, 0.25) is 0 Å². The molecule has 0 N–H and O–H groups in total. The van der Waals surface area contributed by atoms with Gasteiger partial charge >= 0.3 is 5.69 Å². The second-order valence-corrected chi connectivity index (χ2v) is 7.76. The van der Waals surface area contributed by atoms with E-state index in [-0.39, 0.29) is 17.3 Å². The fraction of sp³-hybridized carbons (Fsp3) is 0.444. The Morgan fingerprint density at radius 3 is 2.54 bits per heavy atom. The molecular weight excluding hydrogens is 322 g/mol. The van der Waals surface area contributed by atoms with Crippen molar-refractivity contribution in [2.24, 2.45) is 14.1 Å². The number of rotatable bonds is 3. The molecule has 1 fully saturated rings. The summed E-state index contributed by atoms with van der Waals surface area (Å²) in [6.45, 7) is 3.79. The molecule has 0 amide bonds. The average Bonchev–Trinajstić information content (AvgIpc) is 2.59. The zero-order chi connectivity index (χ0) is 17.3. The summed E-state index contributed by atoms with van der Waals surface area (Å²) in [4.78, 5) is 26.5. The van der Waals surface area contributed by atoms with Crippen LogP contribution < -0.4 is 11.2 Å². The molecule has 1 aromatic carbocycles. The Morgan fingerprint density at radius 1 is 1.12 bits per heavy atom. The summed E-state index contributed by atoms with van der Waals surface area (Å²) in [6, 6.07) is 12.3. The van der Waals surface area contributed by atoms with Crippen LogP contribution in [0.3, 0.4) is 0 Å². The van der Waals surface area contributed by atoms with Gasteiger partial charge in [-0.1, -0.05) is 37.3 Å². The molecule has 24 heavy (non-hydrogen) atoms. The van der Waals surface area contributed by atoms with Crippen LogP contribution in [0.1, 0.15) is 24.2 Å². The largest absolute Gasteiger partial charge is 0.330 e. The molecule has 6 heteroatoms. The first-order chi connectivity index (χ1) is 11.5. The third-order valence-electron chi connectivity index (χ3n) is 4.73. The average molecular weight is 345 g/mol. The maximum Gasteiger partial charge on any atom is 0.330 e. The monoisotopic (exact) mass is 345 g/mol. The van der Waals surface area contributed by atoms with Gasteiger partial charge in [-0.2, -0.15) is 11.8 Å². The number of benzene rings is 1. The molecule has 1 saturated heterocycles. The molecule has 0 bridgehead atoms. The summed E-state index contributed by atoms with van der Waals surface area (Å²) in [7, 11) is 3.25. The van der Waals surface area contributed by atoms with Gasteiger partial charge in [0.1, 0.15) is 0 Å². The molecule has 128 valence electrons. The predicted molar refractivity (Wildman–Crippen MR) is 98.4 cm³/mol. The van der Waals surface area contributed by atoms with Crippen molar-refractivity contribution in [1.82, 2.24) is 14.0 Å². The SMILES string of the molecule is C[C@H]1SCCN(Cc2cc(=O)n(C)c(=O)n2C)[C@H]1c1ccccc1. The van der Waals surface area contributed by atoms with Gasteiger partial charge in [0.25, 0.3) is 5.56 Å². The minimum Gasteiger partial charge on any atom is -0.299 e. The summed E-state index contributed by atoms with van der Waals surface area (Å²) < 4.78 is 2.72. The van der Waals surface area contributed by atoms with E-state index < -0.39 is 0 Å². The van der Waals surface area contributed by atoms with Crippen LogP contribution in [-0.2, 0) is 20.6 Å². The fourth-order valence-electron chi connectivity index (χ4n) is 3.33. The van der Waals surface area contributed by atoms with Gasteiger partial charge in [-0.25, -0.2) is 4.79 Å². The Labute approximate surface area is 145 Å². The molecule has 2 heterocycles. The van der Waals surface area contributed by atoms with Crippen LogP contribution in [0.15, 0.2) is 46.0 Å². The standard InChI is InChI=1S/C18H23N3O2S/c1-13-17(14-7-5-4-6-8-14)21(9-10-24-13)12-15-11-16(22)20(3)18(23)19(15)2/h4-8,11,13,17H,9-10,12H2,1-3H3/t13-,17-/m1/s1. The topological polar surface area (TPSA) is 47.2 Å². The fourth-order valence-corrected chi connectivity index (χ4v) is 4.55. The van der Waals surface area contributed by atoms with Crippen LogP contribution in [0.5, 0.6) is 0 Å². The van der Waals surface area contributed by atoms with Crippen molar-refractivity contribution < 1.29 is 0 Å². The second kappa shape index (κ2) is 6.99. The summed E-state index contributed by atoms with van der Waals surface area (Å²) in [6.07, 6.45) is 0. The van der Waals surface area contributed by atoms with Crippen molar-refractivity contribution in [3.8, 4) is 0 Å². The molecule has 0 spiro atoms. The van der Waals surface area contributed by atoms with Gasteiger partial charge in [0.05, 0.1) is 0 Å². The van der Waals surface area contributed by atoms with Gasteiger partial charge in [-0.15, -0.1) is 0 Å². The van der Waals surface area contributed by atoms with Gasteiger partial charge in [0.15, 0.2) is 0 Å². The van der Waals surface area contributed by atoms with Crippen molar-refractivity contribution in [2.45, 2.75) is 24.8 Å². The van der Waals surface area contributed by atoms with E-state index in [1.807, 2.05) is 17.8 Å². The van der Waals surface area contributed by atoms with Crippen molar-refractivity contribution in [1.29, 1.82) is 0 Å². The molecule has 3 rings (SSSR count). The van der Waals surface area contributed by atoms with Gasteiger partial charge in [-0.3, -0.25) is 18.8 Å². The molecular formula is C18H23N3O2S. The Morgan fingerprint density at radius 2 is 1.83 bits per heavy atom. The van der Waals surface area contributed by atoms with E-state index in [4.69, 9.17) is 0 Å². The van der Waals surface area contributed by atoms with E-state index in [1.165, 1.54) is 12.6 Å². The molecule has 0 saturated carbocycles. The Hall–Kier alpha value is -1.79. The Balaban J connectivity index is 1.96. The highest BCUT2D eigenvalue weighted by Crippen LogP contribution is 2.36. The van der Waals surface area contributed by atoms with Gasteiger partial charge < -0.3 is 0 Å². The molecule has 0 aliphatic carbocycles. The van der Waals surface area contributed by atoms with Crippen molar-refractivity contribution >= 4 is 11.8 Å². The highest BCUT2D eigenvalue weighted by atomic mass is 32.2. The normalized spacial score (nSPS) is 21.8. The van der Waals surface area contributed by atoms with Crippen LogP contribution in [0.2, 0.25) is 0 Å². The minimum absolute atomic E-state index is 0.246. The summed E-state index contributed by atoms with van der Waals surface area (Å²) in [5, 5.41) is 0.463. The van der Waals surface area contributed by atoms with Crippen LogP contribution in [0, 0.1) is 0 Å². The third kappa shape index (κ3) is 3.21. The molecule has 1 aliphatic heterocycles. The lowest BCUT2D eigenvalue weighted by molar-refractivity contribution is 0.186. The number of thioether (sulfide) groups is 1. The Kier molecular flexibility index (Phi) is 4.96. The molecule has 1 aromatic heterocycles. The highest BCUT2D eigenvalue weighted by molar-refractivity contribution is 8.00. The molecule has 2 atom stereocenters.